The van der Waals surface area contributed by atoms with Gasteiger partial charge in [0.2, 0.25) is 16.2 Å². The summed E-state index contributed by atoms with van der Waals surface area (Å²) in [4.78, 5) is 26.3. The first-order valence-corrected chi connectivity index (χ1v) is 8.58. The third-order valence-electron chi connectivity index (χ3n) is 3.28. The number of aliphatic imine (C=N–C) groups is 1. The molecule has 0 atom stereocenters. The zero-order valence-corrected chi connectivity index (χ0v) is 14.7. The molecule has 0 fully saturated rings. The molecule has 0 radical (unpaired) electrons. The van der Waals surface area contributed by atoms with Crippen LogP contribution >= 0.6 is 11.3 Å². The van der Waals surface area contributed by atoms with E-state index < -0.39 is 4.92 Å². The van der Waals surface area contributed by atoms with Crippen LogP contribution in [0.15, 0.2) is 65.7 Å². The van der Waals surface area contributed by atoms with E-state index in [2.05, 4.69) is 20.5 Å². The highest BCUT2D eigenvalue weighted by Crippen LogP contribution is 2.23. The third-order valence-corrected chi connectivity index (χ3v) is 4.02. The molecule has 1 heterocycles. The molecule has 0 saturated heterocycles. The van der Waals surface area contributed by atoms with Crippen molar-refractivity contribution in [3.8, 4) is 0 Å². The van der Waals surface area contributed by atoms with Gasteiger partial charge in [-0.25, -0.2) is 4.99 Å². The lowest BCUT2D eigenvalue weighted by Gasteiger charge is -1.94. The van der Waals surface area contributed by atoms with Crippen molar-refractivity contribution >= 4 is 45.5 Å². The molecule has 9 heteroatoms. The van der Waals surface area contributed by atoms with E-state index in [4.69, 9.17) is 0 Å². The normalized spacial score (nSPS) is 11.1. The van der Waals surface area contributed by atoms with E-state index in [1.54, 1.807) is 18.2 Å². The van der Waals surface area contributed by atoms with Crippen LogP contribution in [-0.2, 0) is 4.79 Å². The van der Waals surface area contributed by atoms with Crippen LogP contribution in [-0.4, -0.2) is 27.2 Å². The molecule has 134 valence electrons. The number of nitrogens with one attached hydrogen (secondary N) is 1. The molecule has 0 aliphatic carbocycles. The fourth-order valence-corrected chi connectivity index (χ4v) is 2.64. The van der Waals surface area contributed by atoms with Gasteiger partial charge in [-0.05, 0) is 17.2 Å². The number of carbonyl (C=O) groups is 1. The van der Waals surface area contributed by atoms with Gasteiger partial charge in [0.25, 0.3) is 5.69 Å². The Labute approximate surface area is 158 Å². The second-order valence-corrected chi connectivity index (χ2v) is 6.19. The summed E-state index contributed by atoms with van der Waals surface area (Å²) in [5.74, 6) is -0.329. The van der Waals surface area contributed by atoms with Gasteiger partial charge < -0.3 is 0 Å². The summed E-state index contributed by atoms with van der Waals surface area (Å²) < 4.78 is 0. The van der Waals surface area contributed by atoms with Crippen LogP contribution in [0.4, 0.5) is 16.0 Å². The first kappa shape index (κ1) is 18.1. The van der Waals surface area contributed by atoms with E-state index in [0.717, 1.165) is 16.9 Å². The van der Waals surface area contributed by atoms with Crippen molar-refractivity contribution in [2.75, 3.05) is 5.32 Å². The maximum absolute atomic E-state index is 11.9. The van der Waals surface area contributed by atoms with Gasteiger partial charge in [0.15, 0.2) is 0 Å². The van der Waals surface area contributed by atoms with Crippen molar-refractivity contribution in [1.29, 1.82) is 0 Å². The quantitative estimate of drug-likeness (QED) is 0.303. The molecule has 1 aromatic heterocycles. The smallest absolute Gasteiger partial charge is 0.270 e. The Kier molecular flexibility index (Phi) is 5.75. The van der Waals surface area contributed by atoms with Gasteiger partial charge in [-0.1, -0.05) is 53.8 Å². The van der Waals surface area contributed by atoms with Crippen LogP contribution in [0.2, 0.25) is 0 Å². The molecule has 3 rings (SSSR count). The molecule has 27 heavy (non-hydrogen) atoms. The maximum Gasteiger partial charge on any atom is 0.270 e. The number of nitro groups is 1. The van der Waals surface area contributed by atoms with Crippen molar-refractivity contribution in [1.82, 2.24) is 10.2 Å². The van der Waals surface area contributed by atoms with Crippen molar-refractivity contribution in [3.05, 3.63) is 81.9 Å². The monoisotopic (exact) mass is 379 g/mol. The van der Waals surface area contributed by atoms with Gasteiger partial charge in [0.1, 0.15) is 0 Å². The number of amides is 1. The minimum Gasteiger partial charge on any atom is -0.297 e. The Hall–Kier alpha value is -3.72. The maximum atomic E-state index is 11.9. The predicted octanol–water partition coefficient (Wildman–Crippen LogP) is 3.85. The van der Waals surface area contributed by atoms with Gasteiger partial charge in [-0.2, -0.15) is 0 Å². The molecule has 0 bridgehead atoms. The topological polar surface area (TPSA) is 110 Å². The van der Waals surface area contributed by atoms with E-state index in [0.29, 0.717) is 15.8 Å². The molecule has 0 aliphatic heterocycles. The Morgan fingerprint density at radius 3 is 2.67 bits per heavy atom. The van der Waals surface area contributed by atoms with Gasteiger partial charge in [-0.15, -0.1) is 10.2 Å². The highest BCUT2D eigenvalue weighted by molar-refractivity contribution is 7.18. The number of hydrogen-bond acceptors (Lipinski definition) is 7. The number of hydrogen-bond donors (Lipinski definition) is 1. The second-order valence-electron chi connectivity index (χ2n) is 5.23. The number of non-ortho nitro benzene ring substituents is 1. The van der Waals surface area contributed by atoms with Crippen LogP contribution in [0, 0.1) is 10.1 Å². The molecular formula is C18H13N5O3S. The Morgan fingerprint density at radius 1 is 1.11 bits per heavy atom. The zero-order chi connectivity index (χ0) is 19.1. The highest BCUT2D eigenvalue weighted by atomic mass is 32.1. The van der Waals surface area contributed by atoms with Gasteiger partial charge in [-0.3, -0.25) is 20.2 Å². The van der Waals surface area contributed by atoms with Crippen molar-refractivity contribution in [3.63, 3.8) is 0 Å². The molecule has 1 N–H and O–H groups in total. The first-order chi connectivity index (χ1) is 13.1. The van der Waals surface area contributed by atoms with Crippen LogP contribution in [0.25, 0.3) is 6.08 Å². The molecule has 0 saturated carbocycles. The lowest BCUT2D eigenvalue weighted by atomic mass is 10.2. The van der Waals surface area contributed by atoms with Crippen LogP contribution in [0.3, 0.4) is 0 Å². The summed E-state index contributed by atoms with van der Waals surface area (Å²) in [6.07, 6.45) is 4.55. The number of nitro benzene ring substituents is 1. The summed E-state index contributed by atoms with van der Waals surface area (Å²) in [6.45, 7) is 0. The van der Waals surface area contributed by atoms with Crippen molar-refractivity contribution in [2.45, 2.75) is 0 Å². The number of aromatic nitrogens is 2. The lowest BCUT2D eigenvalue weighted by molar-refractivity contribution is -0.384. The number of nitrogens with zero attached hydrogens (tertiary/aromatic N) is 4. The summed E-state index contributed by atoms with van der Waals surface area (Å²) in [5.41, 5.74) is 1.46. The Morgan fingerprint density at radius 2 is 1.89 bits per heavy atom. The van der Waals surface area contributed by atoms with Crippen LogP contribution in [0.5, 0.6) is 0 Å². The largest absolute Gasteiger partial charge is 0.297 e. The third kappa shape index (κ3) is 5.38. The molecule has 8 nitrogen and oxygen atoms in total. The molecule has 2 aromatic carbocycles. The predicted molar refractivity (Wildman–Crippen MR) is 104 cm³/mol. The molecule has 0 spiro atoms. The Balaban J connectivity index is 1.61. The molecule has 1 amide bonds. The van der Waals surface area contributed by atoms with Gasteiger partial charge in [0.05, 0.1) is 4.92 Å². The van der Waals surface area contributed by atoms with Gasteiger partial charge in [0, 0.05) is 24.4 Å². The number of rotatable bonds is 6. The number of carbonyl (C=O) groups excluding carboxylic acids is 1. The first-order valence-electron chi connectivity index (χ1n) is 7.76. The molecular weight excluding hydrogens is 366 g/mol. The number of benzene rings is 2. The van der Waals surface area contributed by atoms with Gasteiger partial charge >= 0.3 is 0 Å². The van der Waals surface area contributed by atoms with Crippen molar-refractivity contribution in [2.24, 2.45) is 4.99 Å². The molecule has 0 aliphatic rings. The SMILES string of the molecule is O=C(/C=C\c1ccccc1)Nc1nnc(N=Cc2cccc([N+](=O)[O-])c2)s1. The van der Waals surface area contributed by atoms with Crippen LogP contribution in [0.1, 0.15) is 11.1 Å². The van der Waals surface area contributed by atoms with E-state index in [1.807, 2.05) is 30.3 Å². The van der Waals surface area contributed by atoms with Crippen LogP contribution < -0.4 is 5.32 Å². The average Bonchev–Trinajstić information content (AvgIpc) is 3.13. The second kappa shape index (κ2) is 8.59. The summed E-state index contributed by atoms with van der Waals surface area (Å²) in [5, 5.41) is 21.7. The Bertz CT molecular complexity index is 1010. The van der Waals surface area contributed by atoms with E-state index in [1.165, 1.54) is 24.4 Å². The minimum atomic E-state index is -0.473. The van der Waals surface area contributed by atoms with E-state index in [9.17, 15) is 14.9 Å². The average molecular weight is 379 g/mol. The highest BCUT2D eigenvalue weighted by Gasteiger charge is 2.06. The standard InChI is InChI=1S/C18H13N5O3S/c24-16(10-9-13-5-2-1-3-6-13)20-18-22-21-17(27-18)19-12-14-7-4-8-15(11-14)23(25)26/h1-12H,(H,20,22,24)/b10-9-,19-12?. The summed E-state index contributed by atoms with van der Waals surface area (Å²) in [6, 6.07) is 15.5. The fourth-order valence-electron chi connectivity index (χ4n) is 2.05. The van der Waals surface area contributed by atoms with E-state index >= 15 is 0 Å². The van der Waals surface area contributed by atoms with Crippen molar-refractivity contribution < 1.29 is 9.72 Å². The summed E-state index contributed by atoms with van der Waals surface area (Å²) in [7, 11) is 0. The fraction of sp³-hybridized carbons (Fsp3) is 0. The van der Waals surface area contributed by atoms with E-state index in [-0.39, 0.29) is 11.6 Å². The zero-order valence-electron chi connectivity index (χ0n) is 13.9. The summed E-state index contributed by atoms with van der Waals surface area (Å²) >= 11 is 1.09. The lowest BCUT2D eigenvalue weighted by Crippen LogP contribution is -2.07. The molecule has 3 aromatic rings. The molecule has 0 unspecified atom stereocenters. The number of anilines is 1. The minimum absolute atomic E-state index is 0.0191.